The molecule has 0 saturated carbocycles. The molecular weight excluding hydrogens is 338 g/mol. The third kappa shape index (κ3) is 2.41. The summed E-state index contributed by atoms with van der Waals surface area (Å²) in [5, 5.41) is 0.730. The number of rotatable bonds is 2. The molecule has 0 fully saturated rings. The van der Waals surface area contributed by atoms with E-state index in [1.165, 1.54) is 0 Å². The van der Waals surface area contributed by atoms with Crippen LogP contribution in [-0.4, -0.2) is 12.5 Å². The second kappa shape index (κ2) is 5.46. The van der Waals surface area contributed by atoms with E-state index < -0.39 is 0 Å². The van der Waals surface area contributed by atoms with Gasteiger partial charge in [-0.05, 0) is 45.8 Å². The molecule has 1 aliphatic heterocycles. The highest BCUT2D eigenvalue weighted by Crippen LogP contribution is 2.35. The van der Waals surface area contributed by atoms with Gasteiger partial charge in [0.15, 0.2) is 5.96 Å². The van der Waals surface area contributed by atoms with Crippen molar-refractivity contribution in [3.05, 3.63) is 63.6 Å². The number of aliphatic imine (C=N–C) groups is 1. The van der Waals surface area contributed by atoms with Crippen LogP contribution in [0, 0.1) is 0 Å². The average molecular weight is 351 g/mol. The van der Waals surface area contributed by atoms with Crippen LogP contribution >= 0.6 is 27.5 Å². The molecule has 0 spiro atoms. The molecule has 2 aromatic carbocycles. The number of hydrogen-bond donors (Lipinski definition) is 1. The van der Waals surface area contributed by atoms with Gasteiger partial charge >= 0.3 is 0 Å². The van der Waals surface area contributed by atoms with E-state index in [9.17, 15) is 0 Å². The predicted molar refractivity (Wildman–Crippen MR) is 87.3 cm³/mol. The molecule has 1 aliphatic rings. The lowest BCUT2D eigenvalue weighted by molar-refractivity contribution is 0.768. The van der Waals surface area contributed by atoms with Gasteiger partial charge in [0, 0.05) is 9.50 Å². The van der Waals surface area contributed by atoms with Crippen molar-refractivity contribution < 1.29 is 0 Å². The molecule has 1 unspecified atom stereocenters. The molecule has 0 aromatic heterocycles. The van der Waals surface area contributed by atoms with Crippen molar-refractivity contribution in [3.8, 4) is 0 Å². The Balaban J connectivity index is 2.01. The zero-order valence-corrected chi connectivity index (χ0v) is 13.0. The molecule has 0 amide bonds. The van der Waals surface area contributed by atoms with Crippen LogP contribution in [0.4, 0.5) is 5.69 Å². The fraction of sp³-hybridized carbons (Fsp3) is 0.133. The summed E-state index contributed by atoms with van der Waals surface area (Å²) in [5.74, 6) is 0.539. The Kier molecular flexibility index (Phi) is 3.68. The summed E-state index contributed by atoms with van der Waals surface area (Å²) in [7, 11) is 0. The van der Waals surface area contributed by atoms with Crippen molar-refractivity contribution >= 4 is 39.2 Å². The molecule has 0 bridgehead atoms. The first-order valence-electron chi connectivity index (χ1n) is 6.26. The van der Waals surface area contributed by atoms with Crippen LogP contribution in [0.3, 0.4) is 0 Å². The zero-order valence-electron chi connectivity index (χ0n) is 10.6. The molecule has 3 rings (SSSR count). The van der Waals surface area contributed by atoms with Crippen molar-refractivity contribution in [3.63, 3.8) is 0 Å². The molecule has 0 saturated heterocycles. The highest BCUT2D eigenvalue weighted by Gasteiger charge is 2.29. The fourth-order valence-corrected chi connectivity index (χ4v) is 2.98. The summed E-state index contributed by atoms with van der Waals surface area (Å²) in [5.41, 5.74) is 8.23. The molecule has 20 heavy (non-hydrogen) atoms. The largest absolute Gasteiger partial charge is 0.369 e. The van der Waals surface area contributed by atoms with Crippen molar-refractivity contribution in [2.45, 2.75) is 6.04 Å². The second-order valence-corrected chi connectivity index (χ2v) is 5.88. The van der Waals surface area contributed by atoms with Crippen LogP contribution in [0.2, 0.25) is 5.02 Å². The number of anilines is 1. The molecular formula is C15H13BrClN3. The molecule has 102 valence electrons. The Morgan fingerprint density at radius 1 is 1.15 bits per heavy atom. The van der Waals surface area contributed by atoms with E-state index in [1.807, 2.05) is 53.4 Å². The molecule has 0 aliphatic carbocycles. The van der Waals surface area contributed by atoms with Crippen LogP contribution in [0.5, 0.6) is 0 Å². The molecule has 0 radical (unpaired) electrons. The van der Waals surface area contributed by atoms with E-state index in [0.29, 0.717) is 12.5 Å². The Labute approximate surface area is 131 Å². The fourth-order valence-electron chi connectivity index (χ4n) is 2.38. The van der Waals surface area contributed by atoms with Gasteiger partial charge in [-0.2, -0.15) is 0 Å². The maximum absolute atomic E-state index is 6.07. The number of benzene rings is 2. The van der Waals surface area contributed by atoms with Gasteiger partial charge in [-0.25, -0.2) is 0 Å². The van der Waals surface area contributed by atoms with Crippen LogP contribution in [-0.2, 0) is 0 Å². The number of guanidine groups is 1. The zero-order chi connectivity index (χ0) is 14.1. The number of nitrogens with two attached hydrogens (primary N) is 1. The molecule has 2 aromatic rings. The minimum Gasteiger partial charge on any atom is -0.369 e. The molecule has 5 heteroatoms. The lowest BCUT2D eigenvalue weighted by Crippen LogP contribution is -2.36. The number of para-hydroxylation sites is 1. The normalized spacial score (nSPS) is 18.2. The SMILES string of the molecule is NC1=NCC(c2ccc(Cl)cc2)N1c1ccccc1Br. The molecule has 3 nitrogen and oxygen atoms in total. The Bertz CT molecular complexity index is 654. The van der Waals surface area contributed by atoms with Crippen LogP contribution in [0.25, 0.3) is 0 Å². The van der Waals surface area contributed by atoms with Crippen LogP contribution in [0.1, 0.15) is 11.6 Å². The Hall–Kier alpha value is -1.52. The Morgan fingerprint density at radius 2 is 1.85 bits per heavy atom. The summed E-state index contributed by atoms with van der Waals surface area (Å²) in [6, 6.07) is 15.9. The van der Waals surface area contributed by atoms with Gasteiger partial charge in [0.25, 0.3) is 0 Å². The molecule has 1 heterocycles. The van der Waals surface area contributed by atoms with Gasteiger partial charge in [-0.15, -0.1) is 0 Å². The average Bonchev–Trinajstić information content (AvgIpc) is 2.82. The number of hydrogen-bond acceptors (Lipinski definition) is 3. The summed E-state index contributed by atoms with van der Waals surface area (Å²) >= 11 is 9.52. The highest BCUT2D eigenvalue weighted by atomic mass is 79.9. The second-order valence-electron chi connectivity index (χ2n) is 4.59. The number of halogens is 2. The predicted octanol–water partition coefficient (Wildman–Crippen LogP) is 3.98. The topological polar surface area (TPSA) is 41.6 Å². The van der Waals surface area contributed by atoms with Gasteiger partial charge in [-0.3, -0.25) is 4.99 Å². The summed E-state index contributed by atoms with van der Waals surface area (Å²) in [4.78, 5) is 6.43. The van der Waals surface area contributed by atoms with Crippen molar-refractivity contribution in [2.75, 3.05) is 11.4 Å². The lowest BCUT2D eigenvalue weighted by Gasteiger charge is -2.27. The first-order chi connectivity index (χ1) is 9.66. The van der Waals surface area contributed by atoms with Gasteiger partial charge in [0.1, 0.15) is 0 Å². The van der Waals surface area contributed by atoms with Crippen molar-refractivity contribution in [2.24, 2.45) is 10.7 Å². The number of nitrogens with zero attached hydrogens (tertiary/aromatic N) is 2. The summed E-state index contributed by atoms with van der Waals surface area (Å²) < 4.78 is 0.999. The summed E-state index contributed by atoms with van der Waals surface area (Å²) in [6.45, 7) is 0.648. The van der Waals surface area contributed by atoms with Gasteiger partial charge in [-0.1, -0.05) is 35.9 Å². The van der Waals surface area contributed by atoms with Gasteiger partial charge < -0.3 is 10.6 Å². The first kappa shape index (κ1) is 13.5. The van der Waals surface area contributed by atoms with E-state index in [4.69, 9.17) is 17.3 Å². The quantitative estimate of drug-likeness (QED) is 0.890. The summed E-state index contributed by atoms with van der Waals surface area (Å²) in [6.07, 6.45) is 0. The maximum Gasteiger partial charge on any atom is 0.196 e. The minimum atomic E-state index is 0.103. The van der Waals surface area contributed by atoms with E-state index in [0.717, 1.165) is 20.7 Å². The van der Waals surface area contributed by atoms with Crippen LogP contribution in [0.15, 0.2) is 58.0 Å². The standard InChI is InChI=1S/C15H13BrClN3/c16-12-3-1-2-4-13(12)20-14(9-19-15(20)18)10-5-7-11(17)8-6-10/h1-8,14H,9H2,(H2,18,19). The minimum absolute atomic E-state index is 0.103. The van der Waals surface area contributed by atoms with E-state index in [1.54, 1.807) is 0 Å². The third-order valence-electron chi connectivity index (χ3n) is 3.35. The smallest absolute Gasteiger partial charge is 0.196 e. The monoisotopic (exact) mass is 349 g/mol. The Morgan fingerprint density at radius 3 is 2.55 bits per heavy atom. The molecule has 1 atom stereocenters. The van der Waals surface area contributed by atoms with Gasteiger partial charge in [0.05, 0.1) is 18.3 Å². The lowest BCUT2D eigenvalue weighted by atomic mass is 10.1. The first-order valence-corrected chi connectivity index (χ1v) is 7.43. The van der Waals surface area contributed by atoms with E-state index in [-0.39, 0.29) is 6.04 Å². The van der Waals surface area contributed by atoms with Crippen molar-refractivity contribution in [1.82, 2.24) is 0 Å². The van der Waals surface area contributed by atoms with E-state index >= 15 is 0 Å². The third-order valence-corrected chi connectivity index (χ3v) is 4.27. The maximum atomic E-state index is 6.07. The highest BCUT2D eigenvalue weighted by molar-refractivity contribution is 9.10. The van der Waals surface area contributed by atoms with Crippen molar-refractivity contribution in [1.29, 1.82) is 0 Å². The van der Waals surface area contributed by atoms with Gasteiger partial charge in [0.2, 0.25) is 0 Å². The van der Waals surface area contributed by atoms with E-state index in [2.05, 4.69) is 20.9 Å². The van der Waals surface area contributed by atoms with Crippen LogP contribution < -0.4 is 10.6 Å². The molecule has 2 N–H and O–H groups in total.